The number of nitrogens with zero attached hydrogens (tertiary/aromatic N) is 1. The largest absolute Gasteiger partial charge is 0.444 e. The molecule has 0 aromatic carbocycles. The minimum atomic E-state index is -0.458. The van der Waals surface area contributed by atoms with Crippen LogP contribution in [-0.2, 0) is 11.3 Å². The Kier molecular flexibility index (Phi) is 6.20. The number of nitrogens with one attached hydrogen (secondary N) is 2. The summed E-state index contributed by atoms with van der Waals surface area (Å²) in [7, 11) is 0. The van der Waals surface area contributed by atoms with Crippen molar-refractivity contribution < 1.29 is 9.53 Å². The number of thiazole rings is 1. The first kappa shape index (κ1) is 17.2. The lowest BCUT2D eigenvalue weighted by Crippen LogP contribution is -2.50. The van der Waals surface area contributed by atoms with Crippen molar-refractivity contribution in [1.29, 1.82) is 0 Å². The molecule has 5 nitrogen and oxygen atoms in total. The summed E-state index contributed by atoms with van der Waals surface area (Å²) in [5.74, 6) is 0. The van der Waals surface area contributed by atoms with E-state index in [0.29, 0.717) is 0 Å². The van der Waals surface area contributed by atoms with Gasteiger partial charge in [0.25, 0.3) is 0 Å². The van der Waals surface area contributed by atoms with Crippen molar-refractivity contribution in [1.82, 2.24) is 15.6 Å². The number of amides is 1. The molecule has 1 aliphatic carbocycles. The first-order valence-electron chi connectivity index (χ1n) is 8.04. The Balaban J connectivity index is 1.90. The molecule has 6 heteroatoms. The molecule has 1 saturated carbocycles. The number of alkyl carbamates (subject to hydrolysis) is 1. The maximum Gasteiger partial charge on any atom is 0.407 e. The predicted octanol–water partition coefficient (Wildman–Crippen LogP) is 3.46. The molecule has 1 fully saturated rings. The summed E-state index contributed by atoms with van der Waals surface area (Å²) in [6, 6.07) is 0.419. The SMILES string of the molecule is CC(C)(C)OC(=O)NC1CCCCCC1NCc1cncs1. The van der Waals surface area contributed by atoms with Crippen LogP contribution in [0.2, 0.25) is 0 Å². The lowest BCUT2D eigenvalue weighted by atomic mass is 10.0. The van der Waals surface area contributed by atoms with E-state index < -0.39 is 5.60 Å². The Labute approximate surface area is 136 Å². The van der Waals surface area contributed by atoms with Gasteiger partial charge in [-0.2, -0.15) is 0 Å². The molecule has 0 bridgehead atoms. The highest BCUT2D eigenvalue weighted by atomic mass is 32.1. The number of rotatable bonds is 4. The van der Waals surface area contributed by atoms with Gasteiger partial charge in [0.2, 0.25) is 0 Å². The molecule has 0 radical (unpaired) electrons. The molecule has 1 amide bonds. The predicted molar refractivity (Wildman–Crippen MR) is 89.0 cm³/mol. The second kappa shape index (κ2) is 7.92. The fraction of sp³-hybridized carbons (Fsp3) is 0.750. The third-order valence-electron chi connectivity index (χ3n) is 3.74. The molecule has 1 heterocycles. The number of hydrogen-bond donors (Lipinski definition) is 2. The van der Waals surface area contributed by atoms with E-state index in [2.05, 4.69) is 15.6 Å². The van der Waals surface area contributed by atoms with E-state index in [9.17, 15) is 4.79 Å². The maximum atomic E-state index is 12.0. The summed E-state index contributed by atoms with van der Waals surface area (Å²) in [6.45, 7) is 6.47. The maximum absolute atomic E-state index is 12.0. The third-order valence-corrected chi connectivity index (χ3v) is 4.52. The average Bonchev–Trinajstić information content (AvgIpc) is 2.83. The number of ether oxygens (including phenoxy) is 1. The van der Waals surface area contributed by atoms with Crippen molar-refractivity contribution in [2.45, 2.75) is 77.1 Å². The summed E-state index contributed by atoms with van der Waals surface area (Å²) < 4.78 is 5.39. The zero-order chi connectivity index (χ0) is 16.0. The van der Waals surface area contributed by atoms with Crippen molar-refractivity contribution in [3.05, 3.63) is 16.6 Å². The lowest BCUT2D eigenvalue weighted by Gasteiger charge is -2.28. The van der Waals surface area contributed by atoms with Crippen LogP contribution in [0.1, 0.15) is 57.8 Å². The summed E-state index contributed by atoms with van der Waals surface area (Å²) in [6.07, 6.45) is 7.24. The molecular weight excluding hydrogens is 298 g/mol. The minimum absolute atomic E-state index is 0.130. The van der Waals surface area contributed by atoms with E-state index in [0.717, 1.165) is 25.8 Å². The first-order valence-corrected chi connectivity index (χ1v) is 8.92. The molecule has 1 aliphatic rings. The standard InChI is InChI=1S/C16H27N3O2S/c1-16(2,3)21-15(20)19-14-8-6-4-5-7-13(14)18-10-12-9-17-11-22-12/h9,11,13-14,18H,4-8,10H2,1-3H3,(H,19,20). The molecule has 1 aromatic rings. The van der Waals surface area contributed by atoms with E-state index in [-0.39, 0.29) is 18.2 Å². The quantitative estimate of drug-likeness (QED) is 0.832. The third kappa shape index (κ3) is 5.93. The van der Waals surface area contributed by atoms with Gasteiger partial charge in [0.15, 0.2) is 0 Å². The molecule has 0 spiro atoms. The Bertz CT molecular complexity index is 456. The molecule has 0 saturated heterocycles. The topological polar surface area (TPSA) is 63.2 Å². The highest BCUT2D eigenvalue weighted by molar-refractivity contribution is 7.09. The van der Waals surface area contributed by atoms with Crippen molar-refractivity contribution in [3.63, 3.8) is 0 Å². The van der Waals surface area contributed by atoms with Crippen LogP contribution in [0.25, 0.3) is 0 Å². The van der Waals surface area contributed by atoms with E-state index >= 15 is 0 Å². The van der Waals surface area contributed by atoms with Gasteiger partial charge in [-0.25, -0.2) is 4.79 Å². The molecular formula is C16H27N3O2S. The van der Waals surface area contributed by atoms with E-state index in [1.165, 1.54) is 17.7 Å². The first-order chi connectivity index (χ1) is 10.4. The van der Waals surface area contributed by atoms with Gasteiger partial charge in [-0.1, -0.05) is 19.3 Å². The Morgan fingerprint density at radius 3 is 2.68 bits per heavy atom. The van der Waals surface area contributed by atoms with E-state index in [1.807, 2.05) is 32.5 Å². The second-order valence-electron chi connectivity index (χ2n) is 6.85. The van der Waals surface area contributed by atoms with E-state index in [4.69, 9.17) is 4.74 Å². The van der Waals surface area contributed by atoms with Gasteiger partial charge in [-0.05, 0) is 33.6 Å². The van der Waals surface area contributed by atoms with Crippen LogP contribution in [0, 0.1) is 0 Å². The van der Waals surface area contributed by atoms with Gasteiger partial charge < -0.3 is 15.4 Å². The van der Waals surface area contributed by atoms with Gasteiger partial charge in [0.1, 0.15) is 5.60 Å². The van der Waals surface area contributed by atoms with Crippen LogP contribution in [-0.4, -0.2) is 28.8 Å². The van der Waals surface area contributed by atoms with Crippen molar-refractivity contribution in [3.8, 4) is 0 Å². The lowest BCUT2D eigenvalue weighted by molar-refractivity contribution is 0.0489. The Morgan fingerprint density at radius 2 is 2.05 bits per heavy atom. The number of carbonyl (C=O) groups excluding carboxylic acids is 1. The molecule has 124 valence electrons. The van der Waals surface area contributed by atoms with Crippen LogP contribution in [0.4, 0.5) is 4.79 Å². The summed E-state index contributed by atoms with van der Waals surface area (Å²) in [5.41, 5.74) is 1.39. The smallest absolute Gasteiger partial charge is 0.407 e. The molecule has 2 rings (SSSR count). The monoisotopic (exact) mass is 325 g/mol. The fourth-order valence-electron chi connectivity index (χ4n) is 2.74. The molecule has 2 unspecified atom stereocenters. The highest BCUT2D eigenvalue weighted by Crippen LogP contribution is 2.20. The number of hydrogen-bond acceptors (Lipinski definition) is 5. The molecule has 2 N–H and O–H groups in total. The van der Waals surface area contributed by atoms with Gasteiger partial charge in [-0.15, -0.1) is 11.3 Å². The van der Waals surface area contributed by atoms with Crippen LogP contribution in [0.5, 0.6) is 0 Å². The summed E-state index contributed by atoms with van der Waals surface area (Å²) >= 11 is 1.65. The number of carbonyl (C=O) groups is 1. The fourth-order valence-corrected chi connectivity index (χ4v) is 3.29. The second-order valence-corrected chi connectivity index (χ2v) is 7.82. The normalized spacial score (nSPS) is 22.9. The van der Waals surface area contributed by atoms with Crippen LogP contribution in [0.15, 0.2) is 11.7 Å². The van der Waals surface area contributed by atoms with Crippen LogP contribution >= 0.6 is 11.3 Å². The van der Waals surface area contributed by atoms with E-state index in [1.54, 1.807) is 11.3 Å². The summed E-state index contributed by atoms with van der Waals surface area (Å²) in [5, 5.41) is 6.64. The average molecular weight is 325 g/mol. The summed E-state index contributed by atoms with van der Waals surface area (Å²) in [4.78, 5) is 17.4. The van der Waals surface area contributed by atoms with Gasteiger partial charge in [0, 0.05) is 29.7 Å². The molecule has 1 aromatic heterocycles. The van der Waals surface area contributed by atoms with Crippen LogP contribution < -0.4 is 10.6 Å². The Morgan fingerprint density at radius 1 is 1.32 bits per heavy atom. The number of aromatic nitrogens is 1. The minimum Gasteiger partial charge on any atom is -0.444 e. The molecule has 2 atom stereocenters. The molecule has 22 heavy (non-hydrogen) atoms. The van der Waals surface area contributed by atoms with Gasteiger partial charge in [-0.3, -0.25) is 4.98 Å². The van der Waals surface area contributed by atoms with Gasteiger partial charge >= 0.3 is 6.09 Å². The van der Waals surface area contributed by atoms with Crippen molar-refractivity contribution >= 4 is 17.4 Å². The van der Waals surface area contributed by atoms with Crippen LogP contribution in [0.3, 0.4) is 0 Å². The zero-order valence-electron chi connectivity index (χ0n) is 13.7. The highest BCUT2D eigenvalue weighted by Gasteiger charge is 2.27. The van der Waals surface area contributed by atoms with Gasteiger partial charge in [0.05, 0.1) is 5.51 Å². The molecule has 0 aliphatic heterocycles. The zero-order valence-corrected chi connectivity index (χ0v) is 14.5. The Hall–Kier alpha value is -1.14. The van der Waals surface area contributed by atoms with Crippen molar-refractivity contribution in [2.75, 3.05) is 0 Å². The van der Waals surface area contributed by atoms with Crippen molar-refractivity contribution in [2.24, 2.45) is 0 Å².